The molecule has 0 saturated carbocycles. The van der Waals surface area contributed by atoms with Crippen LogP contribution in [0.1, 0.15) is 27.2 Å². The SMILES string of the molecule is CC(C)(C)Oc1cccc(N2CCCNCC2)c1. The van der Waals surface area contributed by atoms with Gasteiger partial charge in [0.25, 0.3) is 0 Å². The number of hydrogen-bond donors (Lipinski definition) is 1. The van der Waals surface area contributed by atoms with Gasteiger partial charge in [-0.1, -0.05) is 6.07 Å². The van der Waals surface area contributed by atoms with Crippen LogP contribution in [0.3, 0.4) is 0 Å². The van der Waals surface area contributed by atoms with Crippen LogP contribution < -0.4 is 15.0 Å². The van der Waals surface area contributed by atoms with Gasteiger partial charge in [-0.05, 0) is 45.9 Å². The van der Waals surface area contributed by atoms with Gasteiger partial charge in [0.2, 0.25) is 0 Å². The number of anilines is 1. The van der Waals surface area contributed by atoms with Crippen molar-refractivity contribution in [2.45, 2.75) is 32.8 Å². The molecule has 1 aromatic rings. The maximum Gasteiger partial charge on any atom is 0.122 e. The van der Waals surface area contributed by atoms with Crippen LogP contribution in [0.4, 0.5) is 5.69 Å². The van der Waals surface area contributed by atoms with Gasteiger partial charge in [-0.2, -0.15) is 0 Å². The fraction of sp³-hybridized carbons (Fsp3) is 0.600. The molecule has 1 saturated heterocycles. The van der Waals surface area contributed by atoms with Crippen molar-refractivity contribution >= 4 is 5.69 Å². The van der Waals surface area contributed by atoms with Crippen LogP contribution in [-0.4, -0.2) is 31.8 Å². The summed E-state index contributed by atoms with van der Waals surface area (Å²) in [5.74, 6) is 0.956. The van der Waals surface area contributed by atoms with Crippen molar-refractivity contribution in [3.8, 4) is 5.75 Å². The first-order chi connectivity index (χ1) is 8.54. The van der Waals surface area contributed by atoms with Crippen molar-refractivity contribution in [1.82, 2.24) is 5.32 Å². The van der Waals surface area contributed by atoms with Gasteiger partial charge >= 0.3 is 0 Å². The Hall–Kier alpha value is -1.22. The first kappa shape index (κ1) is 13.2. The summed E-state index contributed by atoms with van der Waals surface area (Å²) in [6.45, 7) is 10.6. The van der Waals surface area contributed by atoms with E-state index in [9.17, 15) is 0 Å². The van der Waals surface area contributed by atoms with E-state index in [1.54, 1.807) is 0 Å². The Bertz CT molecular complexity index is 376. The van der Waals surface area contributed by atoms with E-state index in [2.05, 4.69) is 49.2 Å². The molecule has 0 atom stereocenters. The van der Waals surface area contributed by atoms with Crippen LogP contribution in [0.2, 0.25) is 0 Å². The van der Waals surface area contributed by atoms with E-state index in [4.69, 9.17) is 4.74 Å². The molecule has 1 N–H and O–H groups in total. The first-order valence-electron chi connectivity index (χ1n) is 6.79. The normalized spacial score (nSPS) is 17.4. The van der Waals surface area contributed by atoms with E-state index in [1.165, 1.54) is 12.1 Å². The summed E-state index contributed by atoms with van der Waals surface area (Å²) in [6, 6.07) is 8.43. The summed E-state index contributed by atoms with van der Waals surface area (Å²) in [7, 11) is 0. The van der Waals surface area contributed by atoms with Crippen molar-refractivity contribution in [3.05, 3.63) is 24.3 Å². The highest BCUT2D eigenvalue weighted by molar-refractivity contribution is 5.51. The lowest BCUT2D eigenvalue weighted by Gasteiger charge is -2.25. The molecule has 18 heavy (non-hydrogen) atoms. The number of ether oxygens (including phenoxy) is 1. The third-order valence-electron chi connectivity index (χ3n) is 2.95. The Balaban J connectivity index is 2.10. The fourth-order valence-electron chi connectivity index (χ4n) is 2.20. The zero-order valence-electron chi connectivity index (χ0n) is 11.7. The standard InChI is InChI=1S/C15H24N2O/c1-15(2,3)18-14-7-4-6-13(12-14)17-10-5-8-16-9-11-17/h4,6-7,12,16H,5,8-11H2,1-3H3. The minimum absolute atomic E-state index is 0.140. The number of nitrogens with one attached hydrogen (secondary N) is 1. The second-order valence-electron chi connectivity index (χ2n) is 5.80. The summed E-state index contributed by atoms with van der Waals surface area (Å²) in [4.78, 5) is 2.43. The van der Waals surface area contributed by atoms with Crippen LogP contribution in [0.15, 0.2) is 24.3 Å². The van der Waals surface area contributed by atoms with Crippen LogP contribution in [0.25, 0.3) is 0 Å². The average Bonchev–Trinajstić information content (AvgIpc) is 2.55. The van der Waals surface area contributed by atoms with E-state index >= 15 is 0 Å². The molecule has 0 spiro atoms. The van der Waals surface area contributed by atoms with Crippen LogP contribution in [0.5, 0.6) is 5.75 Å². The molecule has 1 aliphatic heterocycles. The number of nitrogens with zero attached hydrogens (tertiary/aromatic N) is 1. The highest BCUT2D eigenvalue weighted by atomic mass is 16.5. The third kappa shape index (κ3) is 3.91. The Labute approximate surface area is 110 Å². The third-order valence-corrected chi connectivity index (χ3v) is 2.95. The molecule has 0 unspecified atom stereocenters. The van der Waals surface area contributed by atoms with Gasteiger partial charge in [-0.25, -0.2) is 0 Å². The molecular weight excluding hydrogens is 224 g/mol. The summed E-state index contributed by atoms with van der Waals surface area (Å²) in [6.07, 6.45) is 1.20. The molecule has 1 fully saturated rings. The molecular formula is C15H24N2O. The first-order valence-corrected chi connectivity index (χ1v) is 6.79. The van der Waals surface area contributed by atoms with Gasteiger partial charge in [0.05, 0.1) is 0 Å². The minimum Gasteiger partial charge on any atom is -0.488 e. The maximum atomic E-state index is 5.92. The summed E-state index contributed by atoms with van der Waals surface area (Å²) in [5.41, 5.74) is 1.12. The van der Waals surface area contributed by atoms with Gasteiger partial charge in [0.1, 0.15) is 11.4 Å². The smallest absolute Gasteiger partial charge is 0.122 e. The Morgan fingerprint density at radius 3 is 2.78 bits per heavy atom. The second kappa shape index (κ2) is 5.61. The molecule has 3 nitrogen and oxygen atoms in total. The molecule has 0 amide bonds. The zero-order chi connectivity index (χ0) is 13.0. The molecule has 3 heteroatoms. The number of benzene rings is 1. The number of rotatable bonds is 2. The predicted octanol–water partition coefficient (Wildman–Crippen LogP) is 2.66. The summed E-state index contributed by atoms with van der Waals surface area (Å²) in [5, 5.41) is 3.43. The minimum atomic E-state index is -0.140. The second-order valence-corrected chi connectivity index (χ2v) is 5.80. The topological polar surface area (TPSA) is 24.5 Å². The number of hydrogen-bond acceptors (Lipinski definition) is 3. The Morgan fingerprint density at radius 2 is 2.00 bits per heavy atom. The van der Waals surface area contributed by atoms with E-state index in [0.717, 1.165) is 31.9 Å². The Kier molecular flexibility index (Phi) is 4.12. The predicted molar refractivity (Wildman–Crippen MR) is 76.5 cm³/mol. The van der Waals surface area contributed by atoms with Crippen molar-refractivity contribution in [3.63, 3.8) is 0 Å². The lowest BCUT2D eigenvalue weighted by Crippen LogP contribution is -2.28. The molecule has 0 aromatic heterocycles. The fourth-order valence-corrected chi connectivity index (χ4v) is 2.20. The average molecular weight is 248 g/mol. The largest absolute Gasteiger partial charge is 0.488 e. The molecule has 0 radical (unpaired) electrons. The molecule has 1 aromatic carbocycles. The van der Waals surface area contributed by atoms with E-state index in [0.29, 0.717) is 0 Å². The van der Waals surface area contributed by atoms with Crippen molar-refractivity contribution < 1.29 is 4.74 Å². The summed E-state index contributed by atoms with van der Waals surface area (Å²) < 4.78 is 5.92. The lowest BCUT2D eigenvalue weighted by molar-refractivity contribution is 0.131. The van der Waals surface area contributed by atoms with E-state index in [-0.39, 0.29) is 5.60 Å². The molecule has 100 valence electrons. The quantitative estimate of drug-likeness (QED) is 0.871. The van der Waals surface area contributed by atoms with Crippen molar-refractivity contribution in [1.29, 1.82) is 0 Å². The lowest BCUT2D eigenvalue weighted by atomic mass is 10.2. The maximum absolute atomic E-state index is 5.92. The van der Waals surface area contributed by atoms with Crippen LogP contribution in [-0.2, 0) is 0 Å². The van der Waals surface area contributed by atoms with Crippen molar-refractivity contribution in [2.75, 3.05) is 31.1 Å². The summed E-state index contributed by atoms with van der Waals surface area (Å²) >= 11 is 0. The van der Waals surface area contributed by atoms with Crippen molar-refractivity contribution in [2.24, 2.45) is 0 Å². The van der Waals surface area contributed by atoms with Gasteiger partial charge in [-0.3, -0.25) is 0 Å². The highest BCUT2D eigenvalue weighted by Gasteiger charge is 2.14. The van der Waals surface area contributed by atoms with E-state index in [1.807, 2.05) is 6.07 Å². The molecule has 0 aliphatic carbocycles. The van der Waals surface area contributed by atoms with Gasteiger partial charge in [0, 0.05) is 31.4 Å². The van der Waals surface area contributed by atoms with Crippen LogP contribution >= 0.6 is 0 Å². The van der Waals surface area contributed by atoms with Gasteiger partial charge in [-0.15, -0.1) is 0 Å². The Morgan fingerprint density at radius 1 is 1.17 bits per heavy atom. The van der Waals surface area contributed by atoms with E-state index < -0.39 is 0 Å². The molecule has 1 heterocycles. The van der Waals surface area contributed by atoms with Gasteiger partial charge in [0.15, 0.2) is 0 Å². The zero-order valence-corrected chi connectivity index (χ0v) is 11.7. The monoisotopic (exact) mass is 248 g/mol. The molecule has 0 bridgehead atoms. The van der Waals surface area contributed by atoms with Gasteiger partial charge < -0.3 is 15.0 Å². The highest BCUT2D eigenvalue weighted by Crippen LogP contribution is 2.24. The molecule has 1 aliphatic rings. The van der Waals surface area contributed by atoms with Crippen LogP contribution in [0, 0.1) is 0 Å². The molecule has 2 rings (SSSR count).